The average molecular weight is 254 g/mol. The van der Waals surface area contributed by atoms with Crippen molar-refractivity contribution in [3.63, 3.8) is 0 Å². The second-order valence-electron chi connectivity index (χ2n) is 4.01. The fourth-order valence-electron chi connectivity index (χ4n) is 1.80. The third-order valence-corrected chi connectivity index (χ3v) is 2.85. The standard InChI is InChI=1S/C12H18N2O4/c1-8(4-5-13)9-6-10(14(15)16)12(18-3)11(7-9)17-2/h6-8H,4-5,13H2,1-3H3. The molecular formula is C12H18N2O4. The fraction of sp³-hybridized carbons (Fsp3) is 0.500. The van der Waals surface area contributed by atoms with Gasteiger partial charge in [-0.25, -0.2) is 0 Å². The van der Waals surface area contributed by atoms with Crippen LogP contribution in [0.5, 0.6) is 11.5 Å². The van der Waals surface area contributed by atoms with E-state index in [1.54, 1.807) is 6.07 Å². The second kappa shape index (κ2) is 6.20. The highest BCUT2D eigenvalue weighted by molar-refractivity contribution is 5.58. The molecule has 0 aromatic heterocycles. The van der Waals surface area contributed by atoms with E-state index in [4.69, 9.17) is 15.2 Å². The van der Waals surface area contributed by atoms with E-state index in [-0.39, 0.29) is 17.4 Å². The van der Waals surface area contributed by atoms with Crippen molar-refractivity contribution in [3.05, 3.63) is 27.8 Å². The second-order valence-corrected chi connectivity index (χ2v) is 4.01. The zero-order valence-corrected chi connectivity index (χ0v) is 10.8. The quantitative estimate of drug-likeness (QED) is 0.620. The maximum Gasteiger partial charge on any atom is 0.315 e. The fourth-order valence-corrected chi connectivity index (χ4v) is 1.80. The van der Waals surface area contributed by atoms with Crippen LogP contribution in [-0.4, -0.2) is 25.7 Å². The molecule has 1 unspecified atom stereocenters. The van der Waals surface area contributed by atoms with Gasteiger partial charge < -0.3 is 15.2 Å². The van der Waals surface area contributed by atoms with Crippen LogP contribution >= 0.6 is 0 Å². The largest absolute Gasteiger partial charge is 0.493 e. The lowest BCUT2D eigenvalue weighted by molar-refractivity contribution is -0.385. The van der Waals surface area contributed by atoms with Gasteiger partial charge in [-0.3, -0.25) is 10.1 Å². The lowest BCUT2D eigenvalue weighted by Crippen LogP contribution is -2.06. The van der Waals surface area contributed by atoms with E-state index >= 15 is 0 Å². The Morgan fingerprint density at radius 3 is 2.50 bits per heavy atom. The monoisotopic (exact) mass is 254 g/mol. The topological polar surface area (TPSA) is 87.6 Å². The number of rotatable bonds is 6. The molecule has 0 radical (unpaired) electrons. The molecule has 0 amide bonds. The van der Waals surface area contributed by atoms with E-state index in [0.717, 1.165) is 12.0 Å². The van der Waals surface area contributed by atoms with Gasteiger partial charge in [-0.05, 0) is 30.5 Å². The van der Waals surface area contributed by atoms with Crippen molar-refractivity contribution >= 4 is 5.69 Å². The minimum absolute atomic E-state index is 0.0873. The van der Waals surface area contributed by atoms with E-state index < -0.39 is 4.92 Å². The number of benzene rings is 1. The average Bonchev–Trinajstić information content (AvgIpc) is 2.37. The van der Waals surface area contributed by atoms with E-state index in [1.165, 1.54) is 20.3 Å². The first kappa shape index (κ1) is 14.2. The lowest BCUT2D eigenvalue weighted by Gasteiger charge is -2.14. The SMILES string of the molecule is COc1cc(C(C)CCN)cc([N+](=O)[O-])c1OC. The molecule has 18 heavy (non-hydrogen) atoms. The Morgan fingerprint density at radius 2 is 2.06 bits per heavy atom. The van der Waals surface area contributed by atoms with Gasteiger partial charge in [0.2, 0.25) is 5.75 Å². The molecule has 1 aromatic rings. The molecule has 0 fully saturated rings. The summed E-state index contributed by atoms with van der Waals surface area (Å²) in [6, 6.07) is 3.27. The summed E-state index contributed by atoms with van der Waals surface area (Å²) in [6.07, 6.45) is 0.757. The molecule has 0 aliphatic heterocycles. The van der Waals surface area contributed by atoms with Crippen LogP contribution in [0.25, 0.3) is 0 Å². The molecule has 1 rings (SSSR count). The van der Waals surface area contributed by atoms with Gasteiger partial charge in [0, 0.05) is 6.07 Å². The molecule has 0 spiro atoms. The maximum absolute atomic E-state index is 11.0. The molecule has 2 N–H and O–H groups in total. The van der Waals surface area contributed by atoms with Gasteiger partial charge >= 0.3 is 5.69 Å². The van der Waals surface area contributed by atoms with Crippen molar-refractivity contribution in [1.82, 2.24) is 0 Å². The minimum atomic E-state index is -0.472. The Balaban J connectivity index is 3.31. The molecule has 6 heteroatoms. The van der Waals surface area contributed by atoms with Gasteiger partial charge in [0.05, 0.1) is 19.1 Å². The van der Waals surface area contributed by atoms with Crippen LogP contribution in [-0.2, 0) is 0 Å². The molecule has 0 aliphatic rings. The third-order valence-electron chi connectivity index (χ3n) is 2.85. The summed E-state index contributed by atoms with van der Waals surface area (Å²) in [4.78, 5) is 10.6. The van der Waals surface area contributed by atoms with E-state index in [0.29, 0.717) is 12.3 Å². The number of nitrogens with zero attached hydrogens (tertiary/aromatic N) is 1. The van der Waals surface area contributed by atoms with E-state index in [1.807, 2.05) is 6.92 Å². The molecule has 0 saturated heterocycles. The molecule has 0 bridgehead atoms. The highest BCUT2D eigenvalue weighted by atomic mass is 16.6. The molecular weight excluding hydrogens is 236 g/mol. The third kappa shape index (κ3) is 2.89. The van der Waals surface area contributed by atoms with Crippen molar-refractivity contribution < 1.29 is 14.4 Å². The van der Waals surface area contributed by atoms with Gasteiger partial charge in [0.15, 0.2) is 5.75 Å². The van der Waals surface area contributed by atoms with Gasteiger partial charge in [-0.15, -0.1) is 0 Å². The van der Waals surface area contributed by atoms with Gasteiger partial charge in [0.1, 0.15) is 0 Å². The molecule has 0 heterocycles. The van der Waals surface area contributed by atoms with E-state index in [9.17, 15) is 10.1 Å². The van der Waals surface area contributed by atoms with Crippen LogP contribution in [0.1, 0.15) is 24.8 Å². The highest BCUT2D eigenvalue weighted by Crippen LogP contribution is 2.40. The summed E-state index contributed by atoms with van der Waals surface area (Å²) in [5.41, 5.74) is 6.24. The van der Waals surface area contributed by atoms with Crippen LogP contribution < -0.4 is 15.2 Å². The summed E-state index contributed by atoms with van der Waals surface area (Å²) in [5, 5.41) is 11.0. The van der Waals surface area contributed by atoms with Crippen molar-refractivity contribution in [1.29, 1.82) is 0 Å². The number of nitro groups is 1. The van der Waals surface area contributed by atoms with Crippen molar-refractivity contribution in [2.24, 2.45) is 5.73 Å². The molecule has 1 atom stereocenters. The molecule has 1 aromatic carbocycles. The highest BCUT2D eigenvalue weighted by Gasteiger charge is 2.22. The van der Waals surface area contributed by atoms with Gasteiger partial charge in [-0.2, -0.15) is 0 Å². The van der Waals surface area contributed by atoms with E-state index in [2.05, 4.69) is 0 Å². The van der Waals surface area contributed by atoms with Gasteiger partial charge in [-0.1, -0.05) is 6.92 Å². The number of hydrogen-bond acceptors (Lipinski definition) is 5. The predicted molar refractivity (Wildman–Crippen MR) is 68.3 cm³/mol. The van der Waals surface area contributed by atoms with Crippen LogP contribution in [0.4, 0.5) is 5.69 Å². The molecule has 100 valence electrons. The molecule has 0 saturated carbocycles. The zero-order chi connectivity index (χ0) is 13.7. The summed E-state index contributed by atoms with van der Waals surface area (Å²) in [6.45, 7) is 2.50. The number of nitro benzene ring substituents is 1. The lowest BCUT2D eigenvalue weighted by atomic mass is 9.96. The number of ether oxygens (including phenoxy) is 2. The Hall–Kier alpha value is -1.82. The number of methoxy groups -OCH3 is 2. The summed E-state index contributed by atoms with van der Waals surface area (Å²) >= 11 is 0. The van der Waals surface area contributed by atoms with Crippen molar-refractivity contribution in [2.45, 2.75) is 19.3 Å². The Kier molecular flexibility index (Phi) is 4.91. The predicted octanol–water partition coefficient (Wildman–Crippen LogP) is 2.06. The summed E-state index contributed by atoms with van der Waals surface area (Å²) < 4.78 is 10.2. The summed E-state index contributed by atoms with van der Waals surface area (Å²) in [7, 11) is 2.84. The Labute approximate surface area is 106 Å². The smallest absolute Gasteiger partial charge is 0.315 e. The van der Waals surface area contributed by atoms with Crippen LogP contribution in [0.15, 0.2) is 12.1 Å². The van der Waals surface area contributed by atoms with Crippen LogP contribution in [0, 0.1) is 10.1 Å². The Bertz CT molecular complexity index is 434. The first-order chi connectivity index (χ1) is 8.54. The number of hydrogen-bond donors (Lipinski definition) is 1. The Morgan fingerprint density at radius 1 is 1.39 bits per heavy atom. The first-order valence-electron chi connectivity index (χ1n) is 5.65. The first-order valence-corrected chi connectivity index (χ1v) is 5.65. The van der Waals surface area contributed by atoms with Crippen LogP contribution in [0.3, 0.4) is 0 Å². The van der Waals surface area contributed by atoms with Crippen molar-refractivity contribution in [3.8, 4) is 11.5 Å². The van der Waals surface area contributed by atoms with Crippen molar-refractivity contribution in [2.75, 3.05) is 20.8 Å². The molecule has 0 aliphatic carbocycles. The van der Waals surface area contributed by atoms with Gasteiger partial charge in [0.25, 0.3) is 0 Å². The maximum atomic E-state index is 11.0. The van der Waals surface area contributed by atoms with Crippen LogP contribution in [0.2, 0.25) is 0 Å². The summed E-state index contributed by atoms with van der Waals surface area (Å²) in [5.74, 6) is 0.644. The molecule has 6 nitrogen and oxygen atoms in total. The zero-order valence-electron chi connectivity index (χ0n) is 10.8. The normalized spacial score (nSPS) is 12.0. The minimum Gasteiger partial charge on any atom is -0.493 e. The number of nitrogens with two attached hydrogens (primary N) is 1.